The Morgan fingerprint density at radius 3 is 2.88 bits per heavy atom. The summed E-state index contributed by atoms with van der Waals surface area (Å²) >= 11 is 1.67. The lowest BCUT2D eigenvalue weighted by molar-refractivity contribution is 0.0342. The number of fused-ring (bicyclic) bond motifs is 1. The van der Waals surface area contributed by atoms with E-state index in [0.29, 0.717) is 5.69 Å². The minimum atomic E-state index is -0.0567. The van der Waals surface area contributed by atoms with Crippen LogP contribution in [0.15, 0.2) is 41.8 Å². The van der Waals surface area contributed by atoms with Crippen molar-refractivity contribution in [3.8, 4) is 0 Å². The second kappa shape index (κ2) is 7.61. The Bertz CT molecular complexity index is 909. The first-order chi connectivity index (χ1) is 12.7. The highest BCUT2D eigenvalue weighted by Gasteiger charge is 2.16. The van der Waals surface area contributed by atoms with Gasteiger partial charge in [0.25, 0.3) is 5.91 Å². The predicted molar refractivity (Wildman–Crippen MR) is 106 cm³/mol. The zero-order valence-corrected chi connectivity index (χ0v) is 15.7. The van der Waals surface area contributed by atoms with Gasteiger partial charge in [-0.05, 0) is 42.1 Å². The van der Waals surface area contributed by atoms with Crippen LogP contribution in [0, 0.1) is 0 Å². The first-order valence-corrected chi connectivity index (χ1v) is 9.89. The fourth-order valence-electron chi connectivity index (χ4n) is 3.47. The van der Waals surface area contributed by atoms with Gasteiger partial charge >= 0.3 is 0 Å². The fourth-order valence-corrected chi connectivity index (χ4v) is 4.29. The van der Waals surface area contributed by atoms with Gasteiger partial charge in [0.1, 0.15) is 5.69 Å². The number of rotatable bonds is 5. The maximum absolute atomic E-state index is 12.8. The van der Waals surface area contributed by atoms with Crippen LogP contribution in [0.5, 0.6) is 0 Å². The van der Waals surface area contributed by atoms with Gasteiger partial charge in [0, 0.05) is 31.9 Å². The van der Waals surface area contributed by atoms with Gasteiger partial charge < -0.3 is 14.6 Å². The molecule has 26 heavy (non-hydrogen) atoms. The van der Waals surface area contributed by atoms with Gasteiger partial charge in [0.15, 0.2) is 0 Å². The van der Waals surface area contributed by atoms with Gasteiger partial charge in [-0.3, -0.25) is 9.69 Å². The van der Waals surface area contributed by atoms with E-state index in [9.17, 15) is 4.79 Å². The molecule has 136 valence electrons. The Labute approximate surface area is 157 Å². The summed E-state index contributed by atoms with van der Waals surface area (Å²) < 4.78 is 8.62. The summed E-state index contributed by atoms with van der Waals surface area (Å²) in [5.41, 5.74) is 3.89. The Morgan fingerprint density at radius 2 is 2.08 bits per heavy atom. The molecule has 0 aliphatic carbocycles. The molecule has 3 aromatic rings. The van der Waals surface area contributed by atoms with Crippen molar-refractivity contribution in [1.29, 1.82) is 0 Å². The van der Waals surface area contributed by atoms with Crippen molar-refractivity contribution in [2.45, 2.75) is 20.0 Å². The Morgan fingerprint density at radius 1 is 1.23 bits per heavy atom. The quantitative estimate of drug-likeness (QED) is 0.744. The van der Waals surface area contributed by atoms with Crippen LogP contribution in [0.1, 0.15) is 23.0 Å². The number of aromatic nitrogens is 1. The molecule has 1 N–H and O–H groups in total. The smallest absolute Gasteiger partial charge is 0.272 e. The number of hydrogen-bond acceptors (Lipinski definition) is 4. The Balaban J connectivity index is 1.50. The fraction of sp³-hybridized carbons (Fsp3) is 0.350. The largest absolute Gasteiger partial charge is 0.379 e. The molecule has 2 aromatic heterocycles. The normalized spacial score (nSPS) is 15.4. The van der Waals surface area contributed by atoms with Crippen molar-refractivity contribution in [2.75, 3.05) is 31.6 Å². The zero-order valence-electron chi connectivity index (χ0n) is 14.9. The number of thiophene rings is 1. The molecule has 5 nitrogen and oxygen atoms in total. The van der Waals surface area contributed by atoms with Crippen molar-refractivity contribution >= 4 is 33.1 Å². The van der Waals surface area contributed by atoms with E-state index in [1.165, 1.54) is 5.56 Å². The van der Waals surface area contributed by atoms with Gasteiger partial charge in [-0.15, -0.1) is 11.3 Å². The van der Waals surface area contributed by atoms with Crippen LogP contribution in [0.25, 0.3) is 10.2 Å². The minimum absolute atomic E-state index is 0.0567. The number of morpholine rings is 1. The third kappa shape index (κ3) is 3.53. The summed E-state index contributed by atoms with van der Waals surface area (Å²) in [6, 6.07) is 12.2. The monoisotopic (exact) mass is 369 g/mol. The molecule has 0 unspecified atom stereocenters. The molecule has 1 amide bonds. The molecule has 3 heterocycles. The first kappa shape index (κ1) is 17.3. The van der Waals surface area contributed by atoms with Crippen LogP contribution in [0.4, 0.5) is 5.69 Å². The van der Waals surface area contributed by atoms with Gasteiger partial charge in [0.05, 0.1) is 23.4 Å². The summed E-state index contributed by atoms with van der Waals surface area (Å²) in [4.78, 5) is 15.2. The molecule has 1 aliphatic rings. The van der Waals surface area contributed by atoms with E-state index in [0.717, 1.165) is 55.3 Å². The lowest BCUT2D eigenvalue weighted by atomic mass is 10.1. The number of benzene rings is 1. The van der Waals surface area contributed by atoms with Crippen LogP contribution in [-0.2, 0) is 17.8 Å². The van der Waals surface area contributed by atoms with Crippen molar-refractivity contribution in [3.63, 3.8) is 0 Å². The molecular formula is C20H23N3O2S. The van der Waals surface area contributed by atoms with Crippen LogP contribution in [0.2, 0.25) is 0 Å². The van der Waals surface area contributed by atoms with E-state index >= 15 is 0 Å². The van der Waals surface area contributed by atoms with E-state index in [1.54, 1.807) is 11.3 Å². The molecule has 0 saturated carbocycles. The number of anilines is 1. The highest BCUT2D eigenvalue weighted by atomic mass is 32.1. The van der Waals surface area contributed by atoms with Crippen LogP contribution < -0.4 is 5.32 Å². The molecule has 1 aliphatic heterocycles. The molecule has 6 heteroatoms. The number of ether oxygens (including phenoxy) is 1. The van der Waals surface area contributed by atoms with Crippen molar-refractivity contribution in [2.24, 2.45) is 0 Å². The molecule has 4 rings (SSSR count). The van der Waals surface area contributed by atoms with E-state index in [2.05, 4.69) is 45.3 Å². The first-order valence-electron chi connectivity index (χ1n) is 9.01. The Kier molecular flexibility index (Phi) is 5.06. The van der Waals surface area contributed by atoms with E-state index < -0.39 is 0 Å². The summed E-state index contributed by atoms with van der Waals surface area (Å²) in [6.07, 6.45) is 0. The van der Waals surface area contributed by atoms with Gasteiger partial charge in [-0.25, -0.2) is 0 Å². The number of nitrogens with zero attached hydrogens (tertiary/aromatic N) is 2. The maximum Gasteiger partial charge on any atom is 0.272 e. The Hall–Kier alpha value is -2.15. The average Bonchev–Trinajstić information content (AvgIpc) is 3.23. The molecule has 0 radical (unpaired) electrons. The second-order valence-corrected chi connectivity index (χ2v) is 7.43. The number of carbonyl (C=O) groups is 1. The highest BCUT2D eigenvalue weighted by Crippen LogP contribution is 2.26. The third-order valence-corrected chi connectivity index (χ3v) is 5.62. The number of aryl methyl sites for hydroxylation is 1. The summed E-state index contributed by atoms with van der Waals surface area (Å²) in [6.45, 7) is 7.23. The van der Waals surface area contributed by atoms with Crippen LogP contribution >= 0.6 is 11.3 Å². The van der Waals surface area contributed by atoms with E-state index in [4.69, 9.17) is 4.74 Å². The van der Waals surface area contributed by atoms with Crippen molar-refractivity contribution in [3.05, 3.63) is 53.0 Å². The number of carbonyl (C=O) groups excluding carboxylic acids is 1. The summed E-state index contributed by atoms with van der Waals surface area (Å²) in [5.74, 6) is -0.0567. The lowest BCUT2D eigenvalue weighted by Gasteiger charge is -2.26. The number of nitrogens with one attached hydrogen (secondary N) is 1. The van der Waals surface area contributed by atoms with Gasteiger partial charge in [-0.1, -0.05) is 12.1 Å². The van der Waals surface area contributed by atoms with Crippen LogP contribution in [-0.4, -0.2) is 41.7 Å². The highest BCUT2D eigenvalue weighted by molar-refractivity contribution is 7.17. The van der Waals surface area contributed by atoms with Crippen molar-refractivity contribution in [1.82, 2.24) is 9.47 Å². The second-order valence-electron chi connectivity index (χ2n) is 6.49. The topological polar surface area (TPSA) is 46.5 Å². The van der Waals surface area contributed by atoms with E-state index in [-0.39, 0.29) is 5.91 Å². The van der Waals surface area contributed by atoms with Gasteiger partial charge in [0.2, 0.25) is 0 Å². The van der Waals surface area contributed by atoms with Crippen molar-refractivity contribution < 1.29 is 9.53 Å². The van der Waals surface area contributed by atoms with E-state index in [1.807, 2.05) is 18.2 Å². The molecule has 0 bridgehead atoms. The van der Waals surface area contributed by atoms with Crippen LogP contribution in [0.3, 0.4) is 0 Å². The molecular weight excluding hydrogens is 346 g/mol. The zero-order chi connectivity index (χ0) is 17.9. The maximum atomic E-state index is 12.8. The molecule has 1 fully saturated rings. The molecule has 0 spiro atoms. The molecule has 0 atom stereocenters. The standard InChI is InChI=1S/C20H23N3O2S/c1-2-23-17-6-11-26-19(17)13-18(23)20(24)21-16-5-3-4-15(12-16)14-22-7-9-25-10-8-22/h3-6,11-13H,2,7-10,14H2,1H3,(H,21,24). The lowest BCUT2D eigenvalue weighted by Crippen LogP contribution is -2.35. The number of hydrogen-bond donors (Lipinski definition) is 1. The third-order valence-electron chi connectivity index (χ3n) is 4.77. The summed E-state index contributed by atoms with van der Waals surface area (Å²) in [7, 11) is 0. The summed E-state index contributed by atoms with van der Waals surface area (Å²) in [5, 5.41) is 5.13. The average molecular weight is 369 g/mol. The predicted octanol–water partition coefficient (Wildman–Crippen LogP) is 3.81. The SMILES string of the molecule is CCn1c(C(=O)Nc2cccc(CN3CCOCC3)c2)cc2sccc21. The molecule has 1 aromatic carbocycles. The minimum Gasteiger partial charge on any atom is -0.379 e. The molecule has 1 saturated heterocycles. The number of amides is 1. The van der Waals surface area contributed by atoms with Gasteiger partial charge in [-0.2, -0.15) is 0 Å².